The Morgan fingerprint density at radius 2 is 1.67 bits per heavy atom. The molecule has 0 saturated heterocycles. The molecule has 0 amide bonds. The van der Waals surface area contributed by atoms with E-state index in [4.69, 9.17) is 0 Å². The summed E-state index contributed by atoms with van der Waals surface area (Å²) >= 11 is 0. The first-order valence-electron chi connectivity index (χ1n) is 6.99. The Balaban J connectivity index is 2.56. The molecule has 18 heavy (non-hydrogen) atoms. The summed E-state index contributed by atoms with van der Waals surface area (Å²) in [6, 6.07) is 10.4. The number of hydrogen-bond acceptors (Lipinski definition) is 2. The average Bonchev–Trinajstić information content (AvgIpc) is 2.38. The van der Waals surface area contributed by atoms with E-state index < -0.39 is 0 Å². The van der Waals surface area contributed by atoms with Gasteiger partial charge in [-0.25, -0.2) is 0 Å². The molecule has 2 nitrogen and oxygen atoms in total. The van der Waals surface area contributed by atoms with Crippen molar-refractivity contribution in [3.8, 4) is 0 Å². The summed E-state index contributed by atoms with van der Waals surface area (Å²) in [7, 11) is 0. The van der Waals surface area contributed by atoms with Crippen molar-refractivity contribution in [1.82, 2.24) is 4.90 Å². The van der Waals surface area contributed by atoms with Crippen LogP contribution in [0.5, 0.6) is 0 Å². The van der Waals surface area contributed by atoms with Crippen molar-refractivity contribution < 1.29 is 5.11 Å². The zero-order valence-corrected chi connectivity index (χ0v) is 12.2. The van der Waals surface area contributed by atoms with Crippen LogP contribution in [0.3, 0.4) is 0 Å². The van der Waals surface area contributed by atoms with E-state index >= 15 is 0 Å². The topological polar surface area (TPSA) is 23.5 Å². The van der Waals surface area contributed by atoms with Crippen molar-refractivity contribution in [2.45, 2.75) is 52.2 Å². The third-order valence-electron chi connectivity index (χ3n) is 3.94. The van der Waals surface area contributed by atoms with Gasteiger partial charge >= 0.3 is 0 Å². The van der Waals surface area contributed by atoms with E-state index in [0.29, 0.717) is 0 Å². The van der Waals surface area contributed by atoms with Crippen LogP contribution < -0.4 is 0 Å². The molecule has 1 aromatic carbocycles. The summed E-state index contributed by atoms with van der Waals surface area (Å²) < 4.78 is 0. The zero-order chi connectivity index (χ0) is 13.6. The Morgan fingerprint density at radius 3 is 2.17 bits per heavy atom. The van der Waals surface area contributed by atoms with E-state index in [1.807, 2.05) is 6.07 Å². The minimum absolute atomic E-state index is 0.154. The number of aryl methyl sites for hydroxylation is 1. The van der Waals surface area contributed by atoms with Gasteiger partial charge in [0, 0.05) is 5.54 Å². The second-order valence-electron chi connectivity index (χ2n) is 5.37. The number of nitrogens with zero attached hydrogens (tertiary/aromatic N) is 1. The predicted molar refractivity (Wildman–Crippen MR) is 77.8 cm³/mol. The van der Waals surface area contributed by atoms with Gasteiger partial charge in [-0.15, -0.1) is 0 Å². The molecule has 0 radical (unpaired) electrons. The maximum atomic E-state index is 10.4. The molecule has 1 aromatic rings. The summed E-state index contributed by atoms with van der Waals surface area (Å²) in [4.78, 5) is 2.32. The first kappa shape index (κ1) is 15.2. The van der Waals surface area contributed by atoms with Crippen LogP contribution in [-0.4, -0.2) is 34.7 Å². The number of likely N-dealkylation sites (N-methyl/N-ethyl adjacent to an activating group) is 1. The van der Waals surface area contributed by atoms with Crippen LogP contribution in [-0.2, 0) is 6.42 Å². The van der Waals surface area contributed by atoms with Crippen LogP contribution >= 0.6 is 0 Å². The summed E-state index contributed by atoms with van der Waals surface area (Å²) in [5.74, 6) is 0. The SMILES string of the molecule is CCN(CC)C(C)(C)C(O)CCc1ccccc1. The fourth-order valence-electron chi connectivity index (χ4n) is 2.55. The number of aliphatic hydroxyl groups is 1. The molecule has 0 aliphatic rings. The lowest BCUT2D eigenvalue weighted by atomic mass is 9.90. The molecular weight excluding hydrogens is 222 g/mol. The van der Waals surface area contributed by atoms with Crippen LogP contribution in [0.2, 0.25) is 0 Å². The summed E-state index contributed by atoms with van der Waals surface area (Å²) in [6.45, 7) is 10.5. The van der Waals surface area contributed by atoms with Crippen molar-refractivity contribution in [1.29, 1.82) is 0 Å². The highest BCUT2D eigenvalue weighted by Crippen LogP contribution is 2.22. The molecule has 1 rings (SSSR count). The molecule has 0 aliphatic heterocycles. The first-order chi connectivity index (χ1) is 8.52. The molecule has 1 unspecified atom stereocenters. The van der Waals surface area contributed by atoms with E-state index in [1.54, 1.807) is 0 Å². The van der Waals surface area contributed by atoms with Gasteiger partial charge < -0.3 is 5.11 Å². The number of aliphatic hydroxyl groups excluding tert-OH is 1. The van der Waals surface area contributed by atoms with Crippen LogP contribution in [0.1, 0.15) is 39.7 Å². The highest BCUT2D eigenvalue weighted by atomic mass is 16.3. The maximum absolute atomic E-state index is 10.4. The van der Waals surface area contributed by atoms with Crippen LogP contribution in [0.15, 0.2) is 30.3 Å². The molecule has 0 bridgehead atoms. The predicted octanol–water partition coefficient (Wildman–Crippen LogP) is 3.10. The third kappa shape index (κ3) is 3.82. The second kappa shape index (κ2) is 6.91. The van der Waals surface area contributed by atoms with Gasteiger partial charge in [0.05, 0.1) is 6.10 Å². The Hall–Kier alpha value is -0.860. The standard InChI is InChI=1S/C16H27NO/c1-5-17(6-2)16(3,4)15(18)13-12-14-10-8-7-9-11-14/h7-11,15,18H,5-6,12-13H2,1-4H3. The summed E-state index contributed by atoms with van der Waals surface area (Å²) in [5, 5.41) is 10.4. The van der Waals surface area contributed by atoms with Gasteiger partial charge in [-0.1, -0.05) is 44.2 Å². The van der Waals surface area contributed by atoms with Crippen molar-refractivity contribution in [3.63, 3.8) is 0 Å². The van der Waals surface area contributed by atoms with E-state index in [2.05, 4.69) is 56.9 Å². The average molecular weight is 249 g/mol. The smallest absolute Gasteiger partial charge is 0.0721 e. The Labute approximate surface area is 112 Å². The van der Waals surface area contributed by atoms with Crippen molar-refractivity contribution in [2.24, 2.45) is 0 Å². The van der Waals surface area contributed by atoms with Gasteiger partial charge in [0.2, 0.25) is 0 Å². The molecule has 102 valence electrons. The number of hydrogen-bond donors (Lipinski definition) is 1. The van der Waals surface area contributed by atoms with Gasteiger partial charge in [0.1, 0.15) is 0 Å². The lowest BCUT2D eigenvalue weighted by Gasteiger charge is -2.41. The van der Waals surface area contributed by atoms with Crippen LogP contribution in [0.25, 0.3) is 0 Å². The minimum Gasteiger partial charge on any atom is -0.391 e. The Bertz CT molecular complexity index is 330. The van der Waals surface area contributed by atoms with Gasteiger partial charge in [-0.3, -0.25) is 4.90 Å². The minimum atomic E-state index is -0.294. The fourth-order valence-corrected chi connectivity index (χ4v) is 2.55. The van der Waals surface area contributed by atoms with Crippen LogP contribution in [0.4, 0.5) is 0 Å². The normalized spacial score (nSPS) is 13.9. The molecule has 0 aromatic heterocycles. The van der Waals surface area contributed by atoms with E-state index in [-0.39, 0.29) is 11.6 Å². The lowest BCUT2D eigenvalue weighted by molar-refractivity contribution is -0.00887. The zero-order valence-electron chi connectivity index (χ0n) is 12.2. The van der Waals surface area contributed by atoms with E-state index in [1.165, 1.54) is 5.56 Å². The van der Waals surface area contributed by atoms with Gasteiger partial charge in [-0.2, -0.15) is 0 Å². The molecule has 1 N–H and O–H groups in total. The monoisotopic (exact) mass is 249 g/mol. The van der Waals surface area contributed by atoms with Gasteiger partial charge in [0.25, 0.3) is 0 Å². The molecule has 0 saturated carbocycles. The highest BCUT2D eigenvalue weighted by Gasteiger charge is 2.32. The second-order valence-corrected chi connectivity index (χ2v) is 5.37. The number of rotatable bonds is 7. The van der Waals surface area contributed by atoms with Crippen LogP contribution in [0, 0.1) is 0 Å². The molecule has 1 atom stereocenters. The highest BCUT2D eigenvalue weighted by molar-refractivity contribution is 5.15. The molecular formula is C16H27NO. The van der Waals surface area contributed by atoms with Crippen molar-refractivity contribution >= 4 is 0 Å². The molecule has 0 fully saturated rings. The lowest BCUT2D eigenvalue weighted by Crippen LogP contribution is -2.52. The van der Waals surface area contributed by atoms with Gasteiger partial charge in [0.15, 0.2) is 0 Å². The summed E-state index contributed by atoms with van der Waals surface area (Å²) in [6.07, 6.45) is 1.46. The molecule has 2 heteroatoms. The van der Waals surface area contributed by atoms with E-state index in [9.17, 15) is 5.11 Å². The van der Waals surface area contributed by atoms with Gasteiger partial charge in [-0.05, 0) is 45.3 Å². The Morgan fingerprint density at radius 1 is 1.11 bits per heavy atom. The molecule has 0 heterocycles. The summed E-state index contributed by atoms with van der Waals surface area (Å²) in [5.41, 5.74) is 1.14. The van der Waals surface area contributed by atoms with Crippen molar-refractivity contribution in [3.05, 3.63) is 35.9 Å². The molecule has 0 spiro atoms. The fraction of sp³-hybridized carbons (Fsp3) is 0.625. The maximum Gasteiger partial charge on any atom is 0.0721 e. The Kier molecular flexibility index (Phi) is 5.83. The first-order valence-corrected chi connectivity index (χ1v) is 6.99. The van der Waals surface area contributed by atoms with E-state index in [0.717, 1.165) is 25.9 Å². The molecule has 0 aliphatic carbocycles. The quantitative estimate of drug-likeness (QED) is 0.802. The third-order valence-corrected chi connectivity index (χ3v) is 3.94. The van der Waals surface area contributed by atoms with Crippen molar-refractivity contribution in [2.75, 3.05) is 13.1 Å². The number of benzene rings is 1. The largest absolute Gasteiger partial charge is 0.391 e.